The molecule has 1 fully saturated rings. The van der Waals surface area contributed by atoms with Gasteiger partial charge in [0.15, 0.2) is 0 Å². The molecule has 2 heterocycles. The highest BCUT2D eigenvalue weighted by Crippen LogP contribution is 2.25. The van der Waals surface area contributed by atoms with Gasteiger partial charge in [-0.05, 0) is 44.7 Å². The van der Waals surface area contributed by atoms with Gasteiger partial charge < -0.3 is 4.74 Å². The van der Waals surface area contributed by atoms with E-state index in [9.17, 15) is 8.42 Å². The Labute approximate surface area is 140 Å². The molecular weight excluding hydrogens is 334 g/mol. The zero-order valence-corrected chi connectivity index (χ0v) is 14.4. The molecular formula is C15H19N3O3S2. The van der Waals surface area contributed by atoms with Crippen LogP contribution >= 0.6 is 11.3 Å². The van der Waals surface area contributed by atoms with Crippen LogP contribution in [0.4, 0.5) is 0 Å². The van der Waals surface area contributed by atoms with Crippen LogP contribution in [-0.4, -0.2) is 30.5 Å². The van der Waals surface area contributed by atoms with E-state index in [1.165, 1.54) is 11.3 Å². The van der Waals surface area contributed by atoms with Gasteiger partial charge in [0, 0.05) is 23.3 Å². The molecule has 23 heavy (non-hydrogen) atoms. The molecule has 0 saturated heterocycles. The first-order chi connectivity index (χ1) is 11.0. The largest absolute Gasteiger partial charge is 0.473 e. The molecule has 1 saturated carbocycles. The number of sulfonamides is 1. The lowest BCUT2D eigenvalue weighted by atomic mass is 9.94. The van der Waals surface area contributed by atoms with Gasteiger partial charge >= 0.3 is 0 Å². The van der Waals surface area contributed by atoms with E-state index < -0.39 is 10.0 Å². The Morgan fingerprint density at radius 3 is 2.61 bits per heavy atom. The molecule has 1 N–H and O–H groups in total. The van der Waals surface area contributed by atoms with Crippen LogP contribution in [0.25, 0.3) is 0 Å². The van der Waals surface area contributed by atoms with Gasteiger partial charge in [-0.3, -0.25) is 4.98 Å². The van der Waals surface area contributed by atoms with E-state index in [1.807, 2.05) is 13.0 Å². The molecule has 0 unspecified atom stereocenters. The van der Waals surface area contributed by atoms with Crippen LogP contribution < -0.4 is 9.46 Å². The summed E-state index contributed by atoms with van der Waals surface area (Å²) in [4.78, 5) is 9.06. The van der Waals surface area contributed by atoms with Gasteiger partial charge in [-0.25, -0.2) is 18.1 Å². The summed E-state index contributed by atoms with van der Waals surface area (Å²) >= 11 is 1.30. The predicted octanol–water partition coefficient (Wildman–Crippen LogP) is 2.52. The maximum Gasteiger partial charge on any atom is 0.250 e. The van der Waals surface area contributed by atoms with Gasteiger partial charge in [-0.1, -0.05) is 0 Å². The average Bonchev–Trinajstić information content (AvgIpc) is 2.98. The second kappa shape index (κ2) is 6.94. The van der Waals surface area contributed by atoms with Crippen LogP contribution in [0.15, 0.2) is 34.9 Å². The van der Waals surface area contributed by atoms with Crippen molar-refractivity contribution in [2.45, 2.75) is 49.0 Å². The number of hydrogen-bond donors (Lipinski definition) is 1. The van der Waals surface area contributed by atoms with Crippen LogP contribution in [0.3, 0.4) is 0 Å². The lowest BCUT2D eigenvalue weighted by Gasteiger charge is -2.28. The van der Waals surface area contributed by atoms with Crippen molar-refractivity contribution in [3.63, 3.8) is 0 Å². The second-order valence-corrected chi connectivity index (χ2v) is 8.85. The molecule has 0 aromatic carbocycles. The Balaban J connectivity index is 1.53. The van der Waals surface area contributed by atoms with Crippen molar-refractivity contribution in [2.24, 2.45) is 0 Å². The summed E-state index contributed by atoms with van der Waals surface area (Å²) in [5.41, 5.74) is 0. The number of hydrogen-bond acceptors (Lipinski definition) is 6. The van der Waals surface area contributed by atoms with Crippen LogP contribution in [0.2, 0.25) is 0 Å². The average molecular weight is 353 g/mol. The summed E-state index contributed by atoms with van der Waals surface area (Å²) in [5.74, 6) is 0.519. The molecule has 0 bridgehead atoms. The Morgan fingerprint density at radius 1 is 1.22 bits per heavy atom. The van der Waals surface area contributed by atoms with Gasteiger partial charge in [0.1, 0.15) is 10.3 Å². The van der Waals surface area contributed by atoms with Crippen molar-refractivity contribution in [3.8, 4) is 5.88 Å². The van der Waals surface area contributed by atoms with E-state index in [0.29, 0.717) is 10.1 Å². The van der Waals surface area contributed by atoms with Gasteiger partial charge in [-0.15, -0.1) is 11.3 Å². The third-order valence-corrected chi connectivity index (χ3v) is 6.82. The lowest BCUT2D eigenvalue weighted by Crippen LogP contribution is -2.39. The highest BCUT2D eigenvalue weighted by molar-refractivity contribution is 7.91. The number of nitrogens with one attached hydrogen (secondary N) is 1. The fourth-order valence-electron chi connectivity index (χ4n) is 2.65. The van der Waals surface area contributed by atoms with Gasteiger partial charge in [-0.2, -0.15) is 0 Å². The van der Waals surface area contributed by atoms with Crippen molar-refractivity contribution in [1.29, 1.82) is 0 Å². The number of ether oxygens (including phenoxy) is 1. The maximum atomic E-state index is 12.3. The van der Waals surface area contributed by atoms with E-state index in [0.717, 1.165) is 30.6 Å². The fourth-order valence-corrected chi connectivity index (χ4v) is 5.25. The van der Waals surface area contributed by atoms with Crippen molar-refractivity contribution in [1.82, 2.24) is 14.7 Å². The standard InChI is InChI=1S/C15H19N3O3S2/c1-11-2-7-15(22-11)23(19,20)18-12-3-5-13(6-4-12)21-14-10-16-8-9-17-14/h2,7-10,12-13,18H,3-6H2,1H3. The van der Waals surface area contributed by atoms with E-state index in [-0.39, 0.29) is 12.1 Å². The topological polar surface area (TPSA) is 81.2 Å². The molecule has 0 radical (unpaired) electrons. The van der Waals surface area contributed by atoms with Crippen molar-refractivity contribution < 1.29 is 13.2 Å². The van der Waals surface area contributed by atoms with Crippen molar-refractivity contribution >= 4 is 21.4 Å². The van der Waals surface area contributed by atoms with E-state index in [1.54, 1.807) is 24.7 Å². The van der Waals surface area contributed by atoms with Crippen molar-refractivity contribution in [3.05, 3.63) is 35.6 Å². The first-order valence-electron chi connectivity index (χ1n) is 7.54. The molecule has 0 aliphatic heterocycles. The number of nitrogens with zero attached hydrogens (tertiary/aromatic N) is 2. The predicted molar refractivity (Wildman–Crippen MR) is 88.1 cm³/mol. The lowest BCUT2D eigenvalue weighted by molar-refractivity contribution is 0.138. The molecule has 0 amide bonds. The van der Waals surface area contributed by atoms with Gasteiger partial charge in [0.25, 0.3) is 0 Å². The van der Waals surface area contributed by atoms with Crippen LogP contribution in [0.5, 0.6) is 5.88 Å². The zero-order valence-electron chi connectivity index (χ0n) is 12.8. The minimum absolute atomic E-state index is 0.0379. The summed E-state index contributed by atoms with van der Waals surface area (Å²) in [5, 5.41) is 0. The van der Waals surface area contributed by atoms with E-state index >= 15 is 0 Å². The molecule has 0 atom stereocenters. The zero-order chi connectivity index (χ0) is 16.3. The number of rotatable bonds is 5. The monoisotopic (exact) mass is 353 g/mol. The highest BCUT2D eigenvalue weighted by atomic mass is 32.2. The third-order valence-electron chi connectivity index (χ3n) is 3.80. The summed E-state index contributed by atoms with van der Waals surface area (Å²) in [7, 11) is -3.41. The third kappa shape index (κ3) is 4.27. The van der Waals surface area contributed by atoms with Gasteiger partial charge in [0.05, 0.1) is 6.20 Å². The maximum absolute atomic E-state index is 12.3. The molecule has 0 spiro atoms. The summed E-state index contributed by atoms with van der Waals surface area (Å²) in [6, 6.07) is 3.44. The van der Waals surface area contributed by atoms with E-state index in [4.69, 9.17) is 4.74 Å². The minimum Gasteiger partial charge on any atom is -0.473 e. The Hall–Kier alpha value is -1.51. The number of aromatic nitrogens is 2. The first kappa shape index (κ1) is 16.4. The molecule has 1 aliphatic carbocycles. The van der Waals surface area contributed by atoms with Crippen LogP contribution in [-0.2, 0) is 10.0 Å². The normalized spacial score (nSPS) is 22.0. The molecule has 8 heteroatoms. The Morgan fingerprint density at radius 2 is 2.00 bits per heavy atom. The quantitative estimate of drug-likeness (QED) is 0.893. The van der Waals surface area contributed by atoms with Gasteiger partial charge in [0.2, 0.25) is 15.9 Å². The Bertz CT molecular complexity index is 738. The summed E-state index contributed by atoms with van der Waals surface area (Å²) in [6.45, 7) is 1.90. The number of aryl methyl sites for hydroxylation is 1. The van der Waals surface area contributed by atoms with E-state index in [2.05, 4.69) is 14.7 Å². The molecule has 3 rings (SSSR count). The molecule has 124 valence electrons. The first-order valence-corrected chi connectivity index (χ1v) is 9.84. The smallest absolute Gasteiger partial charge is 0.250 e. The second-order valence-electron chi connectivity index (χ2n) is 5.62. The highest BCUT2D eigenvalue weighted by Gasteiger charge is 2.27. The summed E-state index contributed by atoms with van der Waals surface area (Å²) in [6.07, 6.45) is 7.97. The summed E-state index contributed by atoms with van der Waals surface area (Å²) < 4.78 is 33.6. The van der Waals surface area contributed by atoms with Crippen molar-refractivity contribution in [2.75, 3.05) is 0 Å². The van der Waals surface area contributed by atoms with Crippen LogP contribution in [0.1, 0.15) is 30.6 Å². The fraction of sp³-hybridized carbons (Fsp3) is 0.467. The molecule has 1 aliphatic rings. The minimum atomic E-state index is -3.41. The SMILES string of the molecule is Cc1ccc(S(=O)(=O)NC2CCC(Oc3cnccn3)CC2)s1. The Kier molecular flexibility index (Phi) is 4.93. The molecule has 2 aromatic rings. The molecule has 6 nitrogen and oxygen atoms in total. The van der Waals surface area contributed by atoms with Crippen LogP contribution in [0, 0.1) is 6.92 Å². The molecule has 2 aromatic heterocycles. The number of thiophene rings is 1.